The zero-order valence-electron chi connectivity index (χ0n) is 25.1. The number of cyclic esters (lactones) is 1. The molecule has 0 bridgehead atoms. The fourth-order valence-electron chi connectivity index (χ4n) is 10.2. The fraction of sp³-hybridized carbons (Fsp3) is 0.871. The maximum absolute atomic E-state index is 14.0. The molecule has 4 aliphatic carbocycles. The molecule has 0 spiro atoms. The number of carbonyl (C=O) groups is 2. The highest BCUT2D eigenvalue weighted by atomic mass is 16.7. The van der Waals surface area contributed by atoms with E-state index in [1.165, 1.54) is 6.08 Å². The number of aliphatic hydroxyl groups excluding tert-OH is 4. The van der Waals surface area contributed by atoms with Crippen LogP contribution in [-0.2, 0) is 28.5 Å². The monoisotopic (exact) mass is 610 g/mol. The first-order valence-corrected chi connectivity index (χ1v) is 15.7. The molecule has 14 atom stereocenters. The second-order valence-electron chi connectivity index (χ2n) is 14.1. The van der Waals surface area contributed by atoms with Gasteiger partial charge < -0.3 is 49.6 Å². The average molecular weight is 611 g/mol. The summed E-state index contributed by atoms with van der Waals surface area (Å²) in [6.45, 7) is 5.45. The van der Waals surface area contributed by atoms with Gasteiger partial charge in [0.05, 0.1) is 36.1 Å². The van der Waals surface area contributed by atoms with Crippen molar-refractivity contribution in [3.63, 3.8) is 0 Å². The van der Waals surface area contributed by atoms with E-state index in [2.05, 4.69) is 0 Å². The van der Waals surface area contributed by atoms with Gasteiger partial charge in [0.2, 0.25) is 0 Å². The first-order valence-electron chi connectivity index (χ1n) is 15.7. The number of carbonyl (C=O) groups excluding carboxylic acids is 2. The minimum absolute atomic E-state index is 0.00791. The molecule has 12 nitrogen and oxygen atoms in total. The van der Waals surface area contributed by atoms with E-state index in [9.17, 15) is 40.2 Å². The molecular weight excluding hydrogens is 564 g/mol. The van der Waals surface area contributed by atoms with Crippen LogP contribution in [0.3, 0.4) is 0 Å². The third kappa shape index (κ3) is 4.39. The zero-order chi connectivity index (χ0) is 31.1. The summed E-state index contributed by atoms with van der Waals surface area (Å²) in [5.74, 6) is -2.47. The number of esters is 2. The van der Waals surface area contributed by atoms with E-state index in [1.54, 1.807) is 13.8 Å². The predicted octanol–water partition coefficient (Wildman–Crippen LogP) is 0.0850. The van der Waals surface area contributed by atoms with Crippen LogP contribution in [0.15, 0.2) is 11.6 Å². The largest absolute Gasteiger partial charge is 0.465 e. The topological polar surface area (TPSA) is 192 Å². The SMILES string of the molecule is CCOC(=O)C12CCC(OC3OC(C)C(O)C(O)C3O)CC1(O)CCC1C2C(O)CC2(C)C(C3=CC(=O)OC3)CCC12O. The molecule has 5 fully saturated rings. The number of aliphatic hydroxyl groups is 6. The lowest BCUT2D eigenvalue weighted by Crippen LogP contribution is -2.73. The minimum Gasteiger partial charge on any atom is -0.465 e. The third-order valence-electron chi connectivity index (χ3n) is 12.3. The molecule has 14 unspecified atom stereocenters. The Morgan fingerprint density at radius 2 is 1.77 bits per heavy atom. The molecule has 6 aliphatic rings. The van der Waals surface area contributed by atoms with Crippen molar-refractivity contribution in [3.8, 4) is 0 Å². The summed E-state index contributed by atoms with van der Waals surface area (Å²) in [6.07, 6.45) is -4.41. The van der Waals surface area contributed by atoms with E-state index < -0.39 is 88.7 Å². The van der Waals surface area contributed by atoms with Crippen LogP contribution in [0, 0.1) is 28.6 Å². The lowest BCUT2D eigenvalue weighted by atomic mass is 9.40. The molecule has 1 saturated heterocycles. The molecule has 0 radical (unpaired) electrons. The van der Waals surface area contributed by atoms with E-state index >= 15 is 0 Å². The van der Waals surface area contributed by atoms with Crippen LogP contribution in [0.25, 0.3) is 0 Å². The number of ether oxygens (including phenoxy) is 4. The normalized spacial score (nSPS) is 52.9. The van der Waals surface area contributed by atoms with E-state index in [1.807, 2.05) is 6.92 Å². The Kier molecular flexibility index (Phi) is 7.82. The zero-order valence-corrected chi connectivity index (χ0v) is 25.1. The van der Waals surface area contributed by atoms with Gasteiger partial charge in [0.25, 0.3) is 0 Å². The average Bonchev–Trinajstić information content (AvgIpc) is 3.49. The Labute approximate surface area is 251 Å². The molecule has 6 N–H and O–H groups in total. The van der Waals surface area contributed by atoms with Crippen molar-refractivity contribution in [1.29, 1.82) is 0 Å². The van der Waals surface area contributed by atoms with Gasteiger partial charge in [0, 0.05) is 23.8 Å². The summed E-state index contributed by atoms with van der Waals surface area (Å²) >= 11 is 0. The van der Waals surface area contributed by atoms with E-state index in [4.69, 9.17) is 18.9 Å². The molecule has 0 aromatic carbocycles. The van der Waals surface area contributed by atoms with Gasteiger partial charge in [0.1, 0.15) is 30.3 Å². The highest BCUT2D eigenvalue weighted by Gasteiger charge is 2.76. The van der Waals surface area contributed by atoms with Crippen molar-refractivity contribution in [2.75, 3.05) is 13.2 Å². The molecule has 6 rings (SSSR count). The summed E-state index contributed by atoms with van der Waals surface area (Å²) in [5, 5.41) is 67.7. The molecule has 43 heavy (non-hydrogen) atoms. The first kappa shape index (κ1) is 31.3. The summed E-state index contributed by atoms with van der Waals surface area (Å²) in [5.41, 5.74) is -4.37. The van der Waals surface area contributed by atoms with Crippen LogP contribution in [0.4, 0.5) is 0 Å². The second-order valence-corrected chi connectivity index (χ2v) is 14.1. The van der Waals surface area contributed by atoms with Gasteiger partial charge in [-0.15, -0.1) is 0 Å². The Hall–Kier alpha value is -1.64. The van der Waals surface area contributed by atoms with E-state index in [-0.39, 0.29) is 51.2 Å². The predicted molar refractivity (Wildman–Crippen MR) is 147 cm³/mol. The summed E-state index contributed by atoms with van der Waals surface area (Å²) < 4.78 is 22.5. The smallest absolute Gasteiger partial charge is 0.331 e. The molecule has 0 amide bonds. The van der Waals surface area contributed by atoms with Gasteiger partial charge in [-0.2, -0.15) is 0 Å². The molecule has 2 aliphatic heterocycles. The summed E-state index contributed by atoms with van der Waals surface area (Å²) in [7, 11) is 0. The van der Waals surface area contributed by atoms with Crippen LogP contribution >= 0.6 is 0 Å². The first-order chi connectivity index (χ1) is 20.2. The van der Waals surface area contributed by atoms with Crippen LogP contribution in [-0.4, -0.2) is 110 Å². The van der Waals surface area contributed by atoms with Gasteiger partial charge in [-0.25, -0.2) is 4.79 Å². The highest BCUT2D eigenvalue weighted by molar-refractivity contribution is 5.85. The van der Waals surface area contributed by atoms with Crippen molar-refractivity contribution >= 4 is 11.9 Å². The van der Waals surface area contributed by atoms with Crippen LogP contribution in [0.1, 0.15) is 72.1 Å². The molecule has 242 valence electrons. The lowest BCUT2D eigenvalue weighted by molar-refractivity contribution is -0.322. The van der Waals surface area contributed by atoms with E-state index in [0.29, 0.717) is 19.3 Å². The lowest BCUT2D eigenvalue weighted by Gasteiger charge is -2.66. The molecule has 2 heterocycles. The fourth-order valence-corrected chi connectivity index (χ4v) is 10.2. The van der Waals surface area contributed by atoms with Crippen molar-refractivity contribution in [1.82, 2.24) is 0 Å². The quantitative estimate of drug-likeness (QED) is 0.182. The Morgan fingerprint density at radius 3 is 2.44 bits per heavy atom. The van der Waals surface area contributed by atoms with Crippen LogP contribution < -0.4 is 0 Å². The van der Waals surface area contributed by atoms with Crippen LogP contribution in [0.2, 0.25) is 0 Å². The Bertz CT molecular complexity index is 1160. The van der Waals surface area contributed by atoms with Gasteiger partial charge in [-0.1, -0.05) is 6.92 Å². The number of rotatable bonds is 5. The molecule has 4 saturated carbocycles. The molecule has 0 aromatic rings. The highest BCUT2D eigenvalue weighted by Crippen LogP contribution is 2.71. The molecular formula is C31H46O12. The Morgan fingerprint density at radius 1 is 1.02 bits per heavy atom. The van der Waals surface area contributed by atoms with Crippen molar-refractivity contribution in [3.05, 3.63) is 11.6 Å². The van der Waals surface area contributed by atoms with Gasteiger partial charge >= 0.3 is 11.9 Å². The maximum Gasteiger partial charge on any atom is 0.331 e. The van der Waals surface area contributed by atoms with Gasteiger partial charge in [-0.3, -0.25) is 4.79 Å². The number of fused-ring (bicyclic) bond motifs is 5. The van der Waals surface area contributed by atoms with Crippen molar-refractivity contribution < 1.29 is 59.2 Å². The second kappa shape index (κ2) is 10.7. The van der Waals surface area contributed by atoms with Crippen molar-refractivity contribution in [2.45, 2.75) is 126 Å². The standard InChI is InChI=1S/C31H46O12/c1-4-40-27(37)30-9-5-17(43-26-25(36)24(35)23(34)15(2)42-26)12-29(30,38)8-6-19-22(30)20(32)13-28(3)18(7-10-31(19,28)39)16-11-21(33)41-14-16/h11,15,17-20,22-26,32,34-36,38-39H,4-10,12-14H2,1-3H3. The summed E-state index contributed by atoms with van der Waals surface area (Å²) in [6, 6.07) is 0. The molecule has 0 aromatic heterocycles. The molecule has 12 heteroatoms. The van der Waals surface area contributed by atoms with Gasteiger partial charge in [0.15, 0.2) is 6.29 Å². The minimum atomic E-state index is -1.65. The number of hydrogen-bond acceptors (Lipinski definition) is 12. The third-order valence-corrected chi connectivity index (χ3v) is 12.3. The Balaban J connectivity index is 1.31. The number of hydrogen-bond donors (Lipinski definition) is 6. The summed E-state index contributed by atoms with van der Waals surface area (Å²) in [4.78, 5) is 25.9. The van der Waals surface area contributed by atoms with Crippen molar-refractivity contribution in [2.24, 2.45) is 28.6 Å². The van der Waals surface area contributed by atoms with Gasteiger partial charge in [-0.05, 0) is 76.2 Å². The maximum atomic E-state index is 14.0. The van der Waals surface area contributed by atoms with E-state index in [0.717, 1.165) is 5.57 Å². The van der Waals surface area contributed by atoms with Crippen LogP contribution in [0.5, 0.6) is 0 Å².